The predicted molar refractivity (Wildman–Crippen MR) is 102 cm³/mol. The molecule has 0 amide bonds. The number of ether oxygens (including phenoxy) is 2. The number of benzene rings is 1. The third kappa shape index (κ3) is 5.81. The Kier molecular flexibility index (Phi) is 8.58. The van der Waals surface area contributed by atoms with Gasteiger partial charge < -0.3 is 20.1 Å². The Balaban J connectivity index is 2.15. The maximum absolute atomic E-state index is 14.6. The number of guanidine groups is 1. The predicted octanol–water partition coefficient (Wildman–Crippen LogP) is 2.05. The molecule has 2 rings (SSSR count). The van der Waals surface area contributed by atoms with Gasteiger partial charge in [-0.05, 0) is 19.1 Å². The number of hydrogen-bond donors (Lipinski definition) is 2. The second kappa shape index (κ2) is 10.7. The SMILES string of the molecule is CN=C(NCCOC)NCC(c1c(F)cccc1Cl)N1CCOC(C)C1. The van der Waals surface area contributed by atoms with Gasteiger partial charge in [-0.15, -0.1) is 0 Å². The van der Waals surface area contributed by atoms with Gasteiger partial charge in [-0.1, -0.05) is 17.7 Å². The van der Waals surface area contributed by atoms with E-state index in [1.807, 2.05) is 6.92 Å². The molecule has 0 bridgehead atoms. The lowest BCUT2D eigenvalue weighted by Crippen LogP contribution is -2.48. The fraction of sp³-hybridized carbons (Fsp3) is 0.611. The van der Waals surface area contributed by atoms with Crippen molar-refractivity contribution >= 4 is 17.6 Å². The number of nitrogens with zero attached hydrogens (tertiary/aromatic N) is 2. The molecule has 1 aromatic carbocycles. The van der Waals surface area contributed by atoms with E-state index in [2.05, 4.69) is 20.5 Å². The lowest BCUT2D eigenvalue weighted by Gasteiger charge is -2.38. The Labute approximate surface area is 159 Å². The van der Waals surface area contributed by atoms with Crippen LogP contribution in [0.4, 0.5) is 4.39 Å². The summed E-state index contributed by atoms with van der Waals surface area (Å²) in [6.45, 7) is 5.75. The van der Waals surface area contributed by atoms with Crippen LogP contribution in [0.15, 0.2) is 23.2 Å². The van der Waals surface area contributed by atoms with Gasteiger partial charge in [0.15, 0.2) is 5.96 Å². The molecular formula is C18H28ClFN4O2. The zero-order chi connectivity index (χ0) is 18.9. The normalized spacial score (nSPS) is 20.0. The summed E-state index contributed by atoms with van der Waals surface area (Å²) in [5.74, 6) is 0.339. The van der Waals surface area contributed by atoms with Crippen molar-refractivity contribution in [3.63, 3.8) is 0 Å². The molecule has 0 aliphatic carbocycles. The van der Waals surface area contributed by atoms with E-state index in [4.69, 9.17) is 21.1 Å². The van der Waals surface area contributed by atoms with Crippen molar-refractivity contribution in [3.8, 4) is 0 Å². The summed E-state index contributed by atoms with van der Waals surface area (Å²) >= 11 is 6.34. The Morgan fingerprint density at radius 2 is 2.31 bits per heavy atom. The molecule has 146 valence electrons. The average Bonchev–Trinajstić information content (AvgIpc) is 2.62. The molecule has 26 heavy (non-hydrogen) atoms. The summed E-state index contributed by atoms with van der Waals surface area (Å²) in [4.78, 5) is 6.40. The van der Waals surface area contributed by atoms with Crippen LogP contribution in [0.1, 0.15) is 18.5 Å². The summed E-state index contributed by atoms with van der Waals surface area (Å²) in [5, 5.41) is 6.86. The fourth-order valence-corrected chi connectivity index (χ4v) is 3.35. The van der Waals surface area contributed by atoms with Gasteiger partial charge in [-0.3, -0.25) is 9.89 Å². The quantitative estimate of drug-likeness (QED) is 0.427. The van der Waals surface area contributed by atoms with Gasteiger partial charge in [0.1, 0.15) is 5.82 Å². The van der Waals surface area contributed by atoms with Crippen LogP contribution >= 0.6 is 11.6 Å². The molecule has 0 aromatic heterocycles. The van der Waals surface area contributed by atoms with Crippen LogP contribution < -0.4 is 10.6 Å². The maximum atomic E-state index is 14.6. The first-order chi connectivity index (χ1) is 12.6. The Hall–Kier alpha value is -1.41. The number of nitrogens with one attached hydrogen (secondary N) is 2. The number of rotatable bonds is 7. The van der Waals surface area contributed by atoms with E-state index in [-0.39, 0.29) is 18.0 Å². The summed E-state index contributed by atoms with van der Waals surface area (Å²) in [5.41, 5.74) is 0.503. The van der Waals surface area contributed by atoms with E-state index in [0.717, 1.165) is 6.54 Å². The molecule has 1 aliphatic heterocycles. The minimum atomic E-state index is -0.300. The van der Waals surface area contributed by atoms with Gasteiger partial charge in [-0.25, -0.2) is 4.39 Å². The Morgan fingerprint density at radius 3 is 2.96 bits per heavy atom. The summed E-state index contributed by atoms with van der Waals surface area (Å²) in [6, 6.07) is 4.57. The molecule has 2 N–H and O–H groups in total. The van der Waals surface area contributed by atoms with Crippen molar-refractivity contribution in [2.45, 2.75) is 19.1 Å². The Bertz CT molecular complexity index is 582. The van der Waals surface area contributed by atoms with E-state index < -0.39 is 0 Å². The topological polar surface area (TPSA) is 58.1 Å². The summed E-state index contributed by atoms with van der Waals surface area (Å²) < 4.78 is 25.2. The molecule has 0 saturated carbocycles. The van der Waals surface area contributed by atoms with Crippen molar-refractivity contribution in [2.24, 2.45) is 4.99 Å². The van der Waals surface area contributed by atoms with Crippen molar-refractivity contribution < 1.29 is 13.9 Å². The third-order valence-electron chi connectivity index (χ3n) is 4.33. The first kappa shape index (κ1) is 20.9. The molecule has 2 unspecified atom stereocenters. The third-order valence-corrected chi connectivity index (χ3v) is 4.66. The standard InChI is InChI=1S/C18H28ClFN4O2/c1-13-12-24(8-10-26-13)16(17-14(19)5-4-6-15(17)20)11-23-18(21-2)22-7-9-25-3/h4-6,13,16H,7-12H2,1-3H3,(H2,21,22,23). The number of aliphatic imine (C=N–C) groups is 1. The lowest BCUT2D eigenvalue weighted by molar-refractivity contribution is -0.0343. The van der Waals surface area contributed by atoms with Gasteiger partial charge in [0, 0.05) is 50.9 Å². The number of morpholine rings is 1. The zero-order valence-electron chi connectivity index (χ0n) is 15.6. The second-order valence-electron chi connectivity index (χ2n) is 6.20. The van der Waals surface area contributed by atoms with E-state index in [9.17, 15) is 4.39 Å². The van der Waals surface area contributed by atoms with Gasteiger partial charge in [-0.2, -0.15) is 0 Å². The minimum absolute atomic E-state index is 0.0935. The van der Waals surface area contributed by atoms with Crippen LogP contribution in [-0.4, -0.2) is 70.5 Å². The van der Waals surface area contributed by atoms with Gasteiger partial charge in [0.2, 0.25) is 0 Å². The van der Waals surface area contributed by atoms with E-state index in [1.54, 1.807) is 26.3 Å². The molecule has 1 heterocycles. The van der Waals surface area contributed by atoms with Crippen molar-refractivity contribution in [1.82, 2.24) is 15.5 Å². The smallest absolute Gasteiger partial charge is 0.191 e. The molecule has 6 nitrogen and oxygen atoms in total. The van der Waals surface area contributed by atoms with Crippen LogP contribution in [0.5, 0.6) is 0 Å². The first-order valence-electron chi connectivity index (χ1n) is 8.79. The Morgan fingerprint density at radius 1 is 1.50 bits per heavy atom. The molecule has 1 fully saturated rings. The van der Waals surface area contributed by atoms with Crippen LogP contribution in [0.3, 0.4) is 0 Å². The average molecular weight is 387 g/mol. The van der Waals surface area contributed by atoms with Crippen LogP contribution in [-0.2, 0) is 9.47 Å². The lowest BCUT2D eigenvalue weighted by atomic mass is 10.0. The molecule has 2 atom stereocenters. The van der Waals surface area contributed by atoms with E-state index in [0.29, 0.717) is 49.4 Å². The number of methoxy groups -OCH3 is 1. The molecule has 0 radical (unpaired) electrons. The minimum Gasteiger partial charge on any atom is -0.383 e. The van der Waals surface area contributed by atoms with E-state index in [1.165, 1.54) is 6.07 Å². The molecule has 0 spiro atoms. The van der Waals surface area contributed by atoms with Crippen molar-refractivity contribution in [2.75, 3.05) is 53.6 Å². The highest BCUT2D eigenvalue weighted by Crippen LogP contribution is 2.30. The number of halogens is 2. The van der Waals surface area contributed by atoms with Crippen LogP contribution in [0.25, 0.3) is 0 Å². The highest BCUT2D eigenvalue weighted by atomic mass is 35.5. The highest BCUT2D eigenvalue weighted by molar-refractivity contribution is 6.31. The van der Waals surface area contributed by atoms with Gasteiger partial charge in [0.05, 0.1) is 25.4 Å². The molecule has 1 aliphatic rings. The van der Waals surface area contributed by atoms with Crippen LogP contribution in [0.2, 0.25) is 5.02 Å². The van der Waals surface area contributed by atoms with Crippen LogP contribution in [0, 0.1) is 5.82 Å². The van der Waals surface area contributed by atoms with Crippen molar-refractivity contribution in [1.29, 1.82) is 0 Å². The second-order valence-corrected chi connectivity index (χ2v) is 6.61. The number of hydrogen-bond acceptors (Lipinski definition) is 4. The highest BCUT2D eigenvalue weighted by Gasteiger charge is 2.29. The first-order valence-corrected chi connectivity index (χ1v) is 9.17. The van der Waals surface area contributed by atoms with E-state index >= 15 is 0 Å². The van der Waals surface area contributed by atoms with Gasteiger partial charge in [0.25, 0.3) is 0 Å². The van der Waals surface area contributed by atoms with Gasteiger partial charge >= 0.3 is 0 Å². The maximum Gasteiger partial charge on any atom is 0.191 e. The molecule has 1 saturated heterocycles. The zero-order valence-corrected chi connectivity index (χ0v) is 16.4. The molecule has 1 aromatic rings. The monoisotopic (exact) mass is 386 g/mol. The molecular weight excluding hydrogens is 359 g/mol. The largest absolute Gasteiger partial charge is 0.383 e. The fourth-order valence-electron chi connectivity index (χ4n) is 3.06. The summed E-state index contributed by atoms with van der Waals surface area (Å²) in [6.07, 6.45) is 0.0935. The summed E-state index contributed by atoms with van der Waals surface area (Å²) in [7, 11) is 3.34. The van der Waals surface area contributed by atoms with Crippen molar-refractivity contribution in [3.05, 3.63) is 34.6 Å². The molecule has 8 heteroatoms.